The molecule has 1 heterocycles. The largest absolute Gasteiger partial charge is 0.495 e. The summed E-state index contributed by atoms with van der Waals surface area (Å²) < 4.78 is 50.7. The number of amides is 1. The van der Waals surface area contributed by atoms with Gasteiger partial charge in [-0.25, -0.2) is 17.5 Å². The topological polar surface area (TPSA) is 97.0 Å². The number of carbonyl (C=O) groups excluding carboxylic acids is 1. The lowest BCUT2D eigenvalue weighted by Gasteiger charge is -2.35. The average Bonchev–Trinajstić information content (AvgIpc) is 2.80. The second-order valence-electron chi connectivity index (χ2n) is 7.00. The van der Waals surface area contributed by atoms with Gasteiger partial charge in [0, 0.05) is 25.2 Å². The maximum atomic E-state index is 13.4. The number of carbonyl (C=O) groups is 1. The first kappa shape index (κ1) is 23.1. The van der Waals surface area contributed by atoms with Gasteiger partial charge in [-0.15, -0.1) is 0 Å². The van der Waals surface area contributed by atoms with Crippen LogP contribution in [0.25, 0.3) is 0 Å². The van der Waals surface area contributed by atoms with Crippen LogP contribution >= 0.6 is 0 Å². The fraction of sp³-hybridized carbons (Fsp3) is 0.381. The Morgan fingerprint density at radius 2 is 1.87 bits per heavy atom. The second-order valence-corrected chi connectivity index (χ2v) is 8.85. The van der Waals surface area contributed by atoms with Gasteiger partial charge in [-0.2, -0.15) is 0 Å². The number of morpholine rings is 1. The van der Waals surface area contributed by atoms with Crippen LogP contribution in [0.2, 0.25) is 0 Å². The van der Waals surface area contributed by atoms with Crippen molar-refractivity contribution in [1.82, 2.24) is 14.9 Å². The zero-order valence-electron chi connectivity index (χ0n) is 17.4. The van der Waals surface area contributed by atoms with Crippen molar-refractivity contribution in [3.8, 4) is 5.75 Å². The van der Waals surface area contributed by atoms with E-state index in [-0.39, 0.29) is 34.6 Å². The fourth-order valence-corrected chi connectivity index (χ4v) is 4.38. The average molecular weight is 452 g/mol. The summed E-state index contributed by atoms with van der Waals surface area (Å²) >= 11 is 0. The fourth-order valence-electron chi connectivity index (χ4n) is 3.46. The lowest BCUT2D eigenvalue weighted by atomic mass is 10.0. The Kier molecular flexibility index (Phi) is 7.60. The van der Waals surface area contributed by atoms with Crippen LogP contribution in [0.5, 0.6) is 5.75 Å². The SMILES string of the molecule is CNS(=O)(=O)c1cc(C(=O)NC[C@H](c2ccc(F)cc2)N2CCOCC2)ccc1OC. The monoisotopic (exact) mass is 451 g/mol. The van der Waals surface area contributed by atoms with E-state index >= 15 is 0 Å². The summed E-state index contributed by atoms with van der Waals surface area (Å²) in [6.45, 7) is 2.80. The molecular weight excluding hydrogens is 425 g/mol. The molecule has 2 aromatic rings. The van der Waals surface area contributed by atoms with E-state index in [0.717, 1.165) is 5.56 Å². The molecule has 1 fully saturated rings. The number of benzene rings is 2. The quantitative estimate of drug-likeness (QED) is 0.632. The van der Waals surface area contributed by atoms with Gasteiger partial charge in [-0.1, -0.05) is 12.1 Å². The number of sulfonamides is 1. The van der Waals surface area contributed by atoms with Crippen LogP contribution in [0.4, 0.5) is 4.39 Å². The highest BCUT2D eigenvalue weighted by Crippen LogP contribution is 2.25. The van der Waals surface area contributed by atoms with Crippen molar-refractivity contribution in [2.45, 2.75) is 10.9 Å². The number of nitrogens with one attached hydrogen (secondary N) is 2. The van der Waals surface area contributed by atoms with Gasteiger partial charge in [0.15, 0.2) is 0 Å². The van der Waals surface area contributed by atoms with Gasteiger partial charge in [0.25, 0.3) is 5.91 Å². The Bertz CT molecular complexity index is 1010. The number of ether oxygens (including phenoxy) is 2. The number of nitrogens with zero attached hydrogens (tertiary/aromatic N) is 1. The molecule has 1 aliphatic heterocycles. The van der Waals surface area contributed by atoms with E-state index in [4.69, 9.17) is 9.47 Å². The van der Waals surface area contributed by atoms with E-state index in [1.807, 2.05) is 0 Å². The van der Waals surface area contributed by atoms with E-state index in [0.29, 0.717) is 26.3 Å². The van der Waals surface area contributed by atoms with Gasteiger partial charge >= 0.3 is 0 Å². The van der Waals surface area contributed by atoms with E-state index in [9.17, 15) is 17.6 Å². The number of rotatable bonds is 8. The van der Waals surface area contributed by atoms with Crippen LogP contribution in [0.15, 0.2) is 47.4 Å². The first-order valence-electron chi connectivity index (χ1n) is 9.82. The molecule has 2 N–H and O–H groups in total. The Hall–Kier alpha value is -2.53. The van der Waals surface area contributed by atoms with Crippen LogP contribution in [0.1, 0.15) is 22.0 Å². The number of halogens is 1. The summed E-state index contributed by atoms with van der Waals surface area (Å²) in [5.74, 6) is -0.607. The van der Waals surface area contributed by atoms with Gasteiger partial charge in [-0.05, 0) is 42.9 Å². The summed E-state index contributed by atoms with van der Waals surface area (Å²) in [5, 5.41) is 2.87. The van der Waals surface area contributed by atoms with Crippen LogP contribution < -0.4 is 14.8 Å². The van der Waals surface area contributed by atoms with Gasteiger partial charge < -0.3 is 14.8 Å². The molecule has 0 unspecified atom stereocenters. The maximum absolute atomic E-state index is 13.4. The number of hydrogen-bond donors (Lipinski definition) is 2. The van der Waals surface area contributed by atoms with Crippen molar-refractivity contribution in [2.24, 2.45) is 0 Å². The van der Waals surface area contributed by atoms with E-state index in [2.05, 4.69) is 14.9 Å². The summed E-state index contributed by atoms with van der Waals surface area (Å²) in [6, 6.07) is 10.2. The molecule has 1 amide bonds. The van der Waals surface area contributed by atoms with Crippen molar-refractivity contribution in [3.05, 3.63) is 59.4 Å². The first-order valence-corrected chi connectivity index (χ1v) is 11.3. The Labute approximate surface area is 181 Å². The number of hydrogen-bond acceptors (Lipinski definition) is 6. The predicted molar refractivity (Wildman–Crippen MR) is 113 cm³/mol. The van der Waals surface area contributed by atoms with Gasteiger partial charge in [0.2, 0.25) is 10.0 Å². The molecule has 168 valence electrons. The summed E-state index contributed by atoms with van der Waals surface area (Å²) in [6.07, 6.45) is 0. The van der Waals surface area contributed by atoms with Crippen LogP contribution in [-0.4, -0.2) is 66.2 Å². The zero-order valence-corrected chi connectivity index (χ0v) is 18.2. The first-order chi connectivity index (χ1) is 14.9. The molecule has 2 aromatic carbocycles. The smallest absolute Gasteiger partial charge is 0.251 e. The third-order valence-corrected chi connectivity index (χ3v) is 6.62. The third-order valence-electron chi connectivity index (χ3n) is 5.18. The van der Waals surface area contributed by atoms with E-state index in [1.54, 1.807) is 12.1 Å². The molecule has 0 bridgehead atoms. The molecule has 31 heavy (non-hydrogen) atoms. The van der Waals surface area contributed by atoms with E-state index in [1.165, 1.54) is 44.5 Å². The van der Waals surface area contributed by atoms with Crippen molar-refractivity contribution in [2.75, 3.05) is 47.0 Å². The van der Waals surface area contributed by atoms with Gasteiger partial charge in [0.05, 0.1) is 26.4 Å². The van der Waals surface area contributed by atoms with Crippen molar-refractivity contribution in [3.63, 3.8) is 0 Å². The summed E-state index contributed by atoms with van der Waals surface area (Å²) in [4.78, 5) is 14.9. The minimum Gasteiger partial charge on any atom is -0.495 e. The predicted octanol–water partition coefficient (Wildman–Crippen LogP) is 1.55. The molecule has 0 radical (unpaired) electrons. The van der Waals surface area contributed by atoms with Gasteiger partial charge in [0.1, 0.15) is 16.5 Å². The molecule has 1 atom stereocenters. The van der Waals surface area contributed by atoms with Gasteiger partial charge in [-0.3, -0.25) is 9.69 Å². The van der Waals surface area contributed by atoms with Crippen molar-refractivity contribution in [1.29, 1.82) is 0 Å². The molecule has 3 rings (SSSR count). The van der Waals surface area contributed by atoms with Crippen LogP contribution in [0, 0.1) is 5.82 Å². The molecule has 8 nitrogen and oxygen atoms in total. The Morgan fingerprint density at radius 1 is 1.19 bits per heavy atom. The van der Waals surface area contributed by atoms with Crippen LogP contribution in [-0.2, 0) is 14.8 Å². The molecule has 0 aliphatic carbocycles. The molecule has 1 aliphatic rings. The summed E-state index contributed by atoms with van der Waals surface area (Å²) in [7, 11) is -1.16. The molecule has 1 saturated heterocycles. The van der Waals surface area contributed by atoms with Crippen molar-refractivity contribution < 1.29 is 27.1 Å². The molecule has 0 saturated carbocycles. The normalized spacial score (nSPS) is 16.0. The minimum atomic E-state index is -3.81. The highest BCUT2D eigenvalue weighted by atomic mass is 32.2. The Balaban J connectivity index is 1.80. The lowest BCUT2D eigenvalue weighted by molar-refractivity contribution is 0.0162. The molecule has 10 heteroatoms. The summed E-state index contributed by atoms with van der Waals surface area (Å²) in [5.41, 5.74) is 1.06. The molecule has 0 aromatic heterocycles. The number of methoxy groups -OCH3 is 1. The van der Waals surface area contributed by atoms with Crippen molar-refractivity contribution >= 4 is 15.9 Å². The lowest BCUT2D eigenvalue weighted by Crippen LogP contribution is -2.43. The maximum Gasteiger partial charge on any atom is 0.251 e. The standard InChI is InChI=1S/C21H26FN3O5S/c1-23-31(27,28)20-13-16(5-8-19(20)29-2)21(26)24-14-18(25-9-11-30-12-10-25)15-3-6-17(22)7-4-15/h3-8,13,18,23H,9-12,14H2,1-2H3,(H,24,26)/t18-/m1/s1. The molecule has 0 spiro atoms. The van der Waals surface area contributed by atoms with Crippen LogP contribution in [0.3, 0.4) is 0 Å². The highest BCUT2D eigenvalue weighted by Gasteiger charge is 2.24. The zero-order chi connectivity index (χ0) is 22.4. The Morgan fingerprint density at radius 3 is 2.48 bits per heavy atom. The minimum absolute atomic E-state index is 0.117. The highest BCUT2D eigenvalue weighted by molar-refractivity contribution is 7.89. The second kappa shape index (κ2) is 10.2. The third kappa shape index (κ3) is 5.59. The van der Waals surface area contributed by atoms with E-state index < -0.39 is 15.9 Å². The molecular formula is C21H26FN3O5S.